The van der Waals surface area contributed by atoms with E-state index in [1.807, 2.05) is 17.8 Å². The fourth-order valence-corrected chi connectivity index (χ4v) is 3.09. The third-order valence-electron chi connectivity index (χ3n) is 4.55. The second kappa shape index (κ2) is 5.95. The summed E-state index contributed by atoms with van der Waals surface area (Å²) in [5.41, 5.74) is 1.01. The van der Waals surface area contributed by atoms with Gasteiger partial charge in [-0.25, -0.2) is 0 Å². The van der Waals surface area contributed by atoms with Gasteiger partial charge in [-0.1, -0.05) is 6.42 Å². The number of amides is 1. The zero-order valence-electron chi connectivity index (χ0n) is 12.1. The molecule has 1 atom stereocenters. The fraction of sp³-hybridized carbons (Fsp3) is 0.733. The monoisotopic (exact) mass is 277 g/mol. The van der Waals surface area contributed by atoms with Crippen LogP contribution in [0.3, 0.4) is 0 Å². The lowest BCUT2D eigenvalue weighted by Crippen LogP contribution is -2.53. The molecule has 1 saturated carbocycles. The second-order valence-electron chi connectivity index (χ2n) is 5.80. The number of aromatic nitrogens is 2. The summed E-state index contributed by atoms with van der Waals surface area (Å²) in [6.07, 6.45) is 8.02. The number of ether oxygens (including phenoxy) is 1. The Labute approximate surface area is 119 Å². The Bertz CT molecular complexity index is 467. The largest absolute Gasteiger partial charge is 0.377 e. The molecule has 0 aromatic carbocycles. The van der Waals surface area contributed by atoms with Gasteiger partial charge in [0.15, 0.2) is 0 Å². The first-order chi connectivity index (χ1) is 9.78. The number of hydrogen-bond acceptors (Lipinski definition) is 3. The Kier molecular flexibility index (Phi) is 4.05. The standard InChI is InChI=1S/C15H23N3O2/c1-2-17-10-12(9-16-17)8-15(19)18-6-7-20-11-14(18)13-4-3-5-13/h9-10,13-14H,2-8,11H2,1H3. The van der Waals surface area contributed by atoms with E-state index in [0.717, 1.165) is 18.7 Å². The summed E-state index contributed by atoms with van der Waals surface area (Å²) in [4.78, 5) is 14.6. The van der Waals surface area contributed by atoms with Crippen LogP contribution in [-0.2, 0) is 22.5 Å². The van der Waals surface area contributed by atoms with Crippen molar-refractivity contribution in [1.29, 1.82) is 0 Å². The van der Waals surface area contributed by atoms with Crippen LogP contribution in [0.4, 0.5) is 0 Å². The lowest BCUT2D eigenvalue weighted by atomic mass is 9.79. The molecule has 0 N–H and O–H groups in total. The predicted octanol–water partition coefficient (Wildman–Crippen LogP) is 1.47. The maximum atomic E-state index is 12.6. The van der Waals surface area contributed by atoms with Gasteiger partial charge in [0.2, 0.25) is 5.91 Å². The van der Waals surface area contributed by atoms with E-state index < -0.39 is 0 Å². The SMILES string of the molecule is CCn1cc(CC(=O)N2CCOCC2C2CCC2)cn1. The normalized spacial score (nSPS) is 23.6. The van der Waals surface area contributed by atoms with Gasteiger partial charge in [-0.3, -0.25) is 9.48 Å². The summed E-state index contributed by atoms with van der Waals surface area (Å²) in [6.45, 7) is 5.01. The Morgan fingerprint density at radius 1 is 1.50 bits per heavy atom. The van der Waals surface area contributed by atoms with E-state index in [2.05, 4.69) is 10.00 Å². The van der Waals surface area contributed by atoms with Gasteiger partial charge < -0.3 is 9.64 Å². The molecule has 0 radical (unpaired) electrons. The minimum absolute atomic E-state index is 0.223. The van der Waals surface area contributed by atoms with Crippen LogP contribution in [-0.4, -0.2) is 46.4 Å². The van der Waals surface area contributed by atoms with Gasteiger partial charge in [-0.2, -0.15) is 5.10 Å². The number of rotatable bonds is 4. The molecule has 1 aliphatic carbocycles. The van der Waals surface area contributed by atoms with Gasteiger partial charge in [0.25, 0.3) is 0 Å². The summed E-state index contributed by atoms with van der Waals surface area (Å²) in [5.74, 6) is 0.874. The number of hydrogen-bond donors (Lipinski definition) is 0. The molecule has 1 aliphatic heterocycles. The topological polar surface area (TPSA) is 47.4 Å². The van der Waals surface area contributed by atoms with Crippen molar-refractivity contribution in [2.45, 2.75) is 45.2 Å². The molecule has 2 heterocycles. The van der Waals surface area contributed by atoms with Crippen LogP contribution in [0.1, 0.15) is 31.7 Å². The van der Waals surface area contributed by atoms with Crippen LogP contribution in [0.5, 0.6) is 0 Å². The lowest BCUT2D eigenvalue weighted by molar-refractivity contribution is -0.143. The zero-order valence-corrected chi connectivity index (χ0v) is 12.1. The van der Waals surface area contributed by atoms with Gasteiger partial charge >= 0.3 is 0 Å². The average molecular weight is 277 g/mol. The number of nitrogens with zero attached hydrogens (tertiary/aromatic N) is 3. The third kappa shape index (κ3) is 2.73. The maximum absolute atomic E-state index is 12.6. The molecule has 3 rings (SSSR count). The minimum atomic E-state index is 0.223. The predicted molar refractivity (Wildman–Crippen MR) is 75.3 cm³/mol. The maximum Gasteiger partial charge on any atom is 0.227 e. The van der Waals surface area contributed by atoms with Crippen molar-refractivity contribution in [3.05, 3.63) is 18.0 Å². The summed E-state index contributed by atoms with van der Waals surface area (Å²) in [6, 6.07) is 0.297. The van der Waals surface area contributed by atoms with E-state index in [1.165, 1.54) is 19.3 Å². The molecule has 1 aromatic rings. The van der Waals surface area contributed by atoms with Crippen molar-refractivity contribution >= 4 is 5.91 Å². The van der Waals surface area contributed by atoms with E-state index in [4.69, 9.17) is 4.74 Å². The molecule has 20 heavy (non-hydrogen) atoms. The van der Waals surface area contributed by atoms with Gasteiger partial charge in [-0.05, 0) is 31.2 Å². The highest BCUT2D eigenvalue weighted by Crippen LogP contribution is 2.33. The van der Waals surface area contributed by atoms with E-state index in [-0.39, 0.29) is 5.91 Å². The molecule has 1 aromatic heterocycles. The van der Waals surface area contributed by atoms with Crippen molar-refractivity contribution in [2.24, 2.45) is 5.92 Å². The zero-order chi connectivity index (χ0) is 13.9. The van der Waals surface area contributed by atoms with Crippen LogP contribution < -0.4 is 0 Å². The van der Waals surface area contributed by atoms with Crippen molar-refractivity contribution in [3.8, 4) is 0 Å². The van der Waals surface area contributed by atoms with Gasteiger partial charge in [0, 0.05) is 19.3 Å². The molecule has 2 aliphatic rings. The number of carbonyl (C=O) groups is 1. The van der Waals surface area contributed by atoms with Crippen LogP contribution in [0, 0.1) is 5.92 Å². The molecule has 5 heteroatoms. The molecule has 1 amide bonds. The molecule has 0 bridgehead atoms. The summed E-state index contributed by atoms with van der Waals surface area (Å²) in [5, 5.41) is 4.24. The summed E-state index contributed by atoms with van der Waals surface area (Å²) in [7, 11) is 0. The molecule has 2 fully saturated rings. The highest BCUT2D eigenvalue weighted by Gasteiger charge is 2.36. The van der Waals surface area contributed by atoms with E-state index in [1.54, 1.807) is 6.20 Å². The third-order valence-corrected chi connectivity index (χ3v) is 4.55. The van der Waals surface area contributed by atoms with Crippen LogP contribution in [0.25, 0.3) is 0 Å². The summed E-state index contributed by atoms with van der Waals surface area (Å²) < 4.78 is 7.45. The van der Waals surface area contributed by atoms with Gasteiger partial charge in [-0.15, -0.1) is 0 Å². The van der Waals surface area contributed by atoms with Crippen molar-refractivity contribution in [3.63, 3.8) is 0 Å². The number of morpholine rings is 1. The first kappa shape index (κ1) is 13.6. The average Bonchev–Trinajstić information content (AvgIpc) is 2.85. The lowest BCUT2D eigenvalue weighted by Gasteiger charge is -2.43. The first-order valence-electron chi connectivity index (χ1n) is 7.66. The number of carbonyl (C=O) groups excluding carboxylic acids is 1. The molecule has 0 spiro atoms. The smallest absolute Gasteiger partial charge is 0.227 e. The van der Waals surface area contributed by atoms with Gasteiger partial charge in [0.05, 0.1) is 31.9 Å². The quantitative estimate of drug-likeness (QED) is 0.837. The molecule has 5 nitrogen and oxygen atoms in total. The van der Waals surface area contributed by atoms with Crippen molar-refractivity contribution in [2.75, 3.05) is 19.8 Å². The first-order valence-corrected chi connectivity index (χ1v) is 7.66. The Balaban J connectivity index is 1.64. The van der Waals surface area contributed by atoms with E-state index >= 15 is 0 Å². The summed E-state index contributed by atoms with van der Waals surface area (Å²) >= 11 is 0. The van der Waals surface area contributed by atoms with Crippen LogP contribution in [0.2, 0.25) is 0 Å². The van der Waals surface area contributed by atoms with E-state index in [9.17, 15) is 4.79 Å². The number of aryl methyl sites for hydroxylation is 1. The highest BCUT2D eigenvalue weighted by molar-refractivity contribution is 5.79. The molecule has 1 unspecified atom stereocenters. The van der Waals surface area contributed by atoms with Crippen LogP contribution in [0.15, 0.2) is 12.4 Å². The van der Waals surface area contributed by atoms with E-state index in [0.29, 0.717) is 31.6 Å². The second-order valence-corrected chi connectivity index (χ2v) is 5.80. The van der Waals surface area contributed by atoms with Crippen LogP contribution >= 0.6 is 0 Å². The molecule has 1 saturated heterocycles. The van der Waals surface area contributed by atoms with Crippen molar-refractivity contribution < 1.29 is 9.53 Å². The Morgan fingerprint density at radius 2 is 2.35 bits per heavy atom. The fourth-order valence-electron chi connectivity index (χ4n) is 3.09. The molecular formula is C15H23N3O2. The van der Waals surface area contributed by atoms with Gasteiger partial charge in [0.1, 0.15) is 0 Å². The highest BCUT2D eigenvalue weighted by atomic mass is 16.5. The van der Waals surface area contributed by atoms with Crippen molar-refractivity contribution in [1.82, 2.24) is 14.7 Å². The minimum Gasteiger partial charge on any atom is -0.377 e. The Morgan fingerprint density at radius 3 is 3.00 bits per heavy atom. The Hall–Kier alpha value is -1.36. The molecule has 110 valence electrons. The molecular weight excluding hydrogens is 254 g/mol.